The zero-order chi connectivity index (χ0) is 17.4. The molecule has 1 aliphatic heterocycles. The molecular weight excluding hydrogens is 314 g/mol. The summed E-state index contributed by atoms with van der Waals surface area (Å²) in [4.78, 5) is 27.8. The number of amides is 1. The lowest BCUT2D eigenvalue weighted by Gasteiger charge is -2.18. The van der Waals surface area contributed by atoms with Crippen LogP contribution in [0, 0.1) is 0 Å². The molecule has 3 aromatic rings. The van der Waals surface area contributed by atoms with Gasteiger partial charge in [-0.2, -0.15) is 0 Å². The summed E-state index contributed by atoms with van der Waals surface area (Å²) in [6, 6.07) is 7.68. The lowest BCUT2D eigenvalue weighted by molar-refractivity contribution is 0.0784. The summed E-state index contributed by atoms with van der Waals surface area (Å²) < 4.78 is 2.25. The molecule has 3 aromatic heterocycles. The van der Waals surface area contributed by atoms with E-state index in [0.717, 1.165) is 29.8 Å². The Balaban J connectivity index is 1.63. The molecule has 1 amide bonds. The van der Waals surface area contributed by atoms with E-state index in [1.165, 1.54) is 0 Å². The van der Waals surface area contributed by atoms with Gasteiger partial charge in [-0.25, -0.2) is 4.98 Å². The van der Waals surface area contributed by atoms with E-state index in [4.69, 9.17) is 4.98 Å². The summed E-state index contributed by atoms with van der Waals surface area (Å²) in [5.41, 5.74) is 2.53. The van der Waals surface area contributed by atoms with Crippen molar-refractivity contribution < 1.29 is 4.79 Å². The number of hydrogen-bond donors (Lipinski definition) is 0. The summed E-state index contributed by atoms with van der Waals surface area (Å²) in [6.07, 6.45) is 6.22. The van der Waals surface area contributed by atoms with Crippen molar-refractivity contribution in [3.8, 4) is 0 Å². The van der Waals surface area contributed by atoms with Crippen LogP contribution >= 0.6 is 0 Å². The van der Waals surface area contributed by atoms with Crippen LogP contribution in [0.5, 0.6) is 0 Å². The largest absolute Gasteiger partial charge is 0.337 e. The standard InChI is InChI=1S/C19H21N5O/c1-13(2)24-17-11-20-9-6-15(17)22-18(24)14-7-10-23(12-14)19(25)16-5-3-4-8-21-16/h3-6,8-9,11,13-14H,7,10,12H2,1-2H3. The molecule has 0 saturated carbocycles. The normalized spacial score (nSPS) is 17.6. The van der Waals surface area contributed by atoms with Crippen LogP contribution in [-0.2, 0) is 0 Å². The first-order valence-electron chi connectivity index (χ1n) is 8.67. The third-order valence-corrected chi connectivity index (χ3v) is 4.76. The van der Waals surface area contributed by atoms with Crippen LogP contribution in [0.1, 0.15) is 48.5 Å². The minimum absolute atomic E-state index is 0.00280. The van der Waals surface area contributed by atoms with Gasteiger partial charge in [-0.15, -0.1) is 0 Å². The summed E-state index contributed by atoms with van der Waals surface area (Å²) >= 11 is 0. The zero-order valence-electron chi connectivity index (χ0n) is 14.5. The minimum atomic E-state index is -0.00280. The number of carbonyl (C=O) groups is 1. The number of aromatic nitrogens is 4. The van der Waals surface area contributed by atoms with Crippen LogP contribution < -0.4 is 0 Å². The third kappa shape index (κ3) is 2.77. The van der Waals surface area contributed by atoms with Gasteiger partial charge in [-0.1, -0.05) is 6.07 Å². The SMILES string of the molecule is CC(C)n1c(C2CCN(C(=O)c3ccccn3)C2)nc2ccncc21. The molecule has 1 fully saturated rings. The second kappa shape index (κ2) is 6.27. The van der Waals surface area contributed by atoms with Gasteiger partial charge in [0.2, 0.25) is 0 Å². The second-order valence-corrected chi connectivity index (χ2v) is 6.75. The molecule has 0 aromatic carbocycles. The van der Waals surface area contributed by atoms with Crippen LogP contribution in [0.2, 0.25) is 0 Å². The van der Waals surface area contributed by atoms with E-state index in [2.05, 4.69) is 28.4 Å². The van der Waals surface area contributed by atoms with Gasteiger partial charge in [0.15, 0.2) is 0 Å². The molecule has 128 valence electrons. The highest BCUT2D eigenvalue weighted by molar-refractivity contribution is 5.92. The first-order valence-corrected chi connectivity index (χ1v) is 8.67. The fraction of sp³-hybridized carbons (Fsp3) is 0.368. The molecule has 4 rings (SSSR count). The number of fused-ring (bicyclic) bond motifs is 1. The minimum Gasteiger partial charge on any atom is -0.337 e. The Morgan fingerprint density at radius 3 is 2.88 bits per heavy atom. The van der Waals surface area contributed by atoms with E-state index in [1.807, 2.05) is 29.3 Å². The lowest BCUT2D eigenvalue weighted by Crippen LogP contribution is -2.29. The van der Waals surface area contributed by atoms with Crippen LogP contribution in [0.15, 0.2) is 42.9 Å². The van der Waals surface area contributed by atoms with Crippen molar-refractivity contribution in [1.82, 2.24) is 24.4 Å². The highest BCUT2D eigenvalue weighted by atomic mass is 16.2. The van der Waals surface area contributed by atoms with E-state index < -0.39 is 0 Å². The zero-order valence-corrected chi connectivity index (χ0v) is 14.5. The number of nitrogens with zero attached hydrogens (tertiary/aromatic N) is 5. The van der Waals surface area contributed by atoms with Crippen molar-refractivity contribution in [3.05, 3.63) is 54.4 Å². The fourth-order valence-corrected chi connectivity index (χ4v) is 3.60. The molecule has 6 heteroatoms. The molecule has 0 radical (unpaired) electrons. The molecule has 6 nitrogen and oxygen atoms in total. The molecule has 1 atom stereocenters. The van der Waals surface area contributed by atoms with E-state index in [0.29, 0.717) is 18.3 Å². The van der Waals surface area contributed by atoms with Gasteiger partial charge >= 0.3 is 0 Å². The number of imidazole rings is 1. The molecule has 1 aliphatic rings. The fourth-order valence-electron chi connectivity index (χ4n) is 3.60. The predicted molar refractivity (Wildman–Crippen MR) is 95.4 cm³/mol. The Bertz CT molecular complexity index is 903. The van der Waals surface area contributed by atoms with Crippen LogP contribution in [0.4, 0.5) is 0 Å². The smallest absolute Gasteiger partial charge is 0.272 e. The average Bonchev–Trinajstić information content (AvgIpc) is 3.26. The van der Waals surface area contributed by atoms with Crippen molar-refractivity contribution in [3.63, 3.8) is 0 Å². The maximum absolute atomic E-state index is 12.6. The summed E-state index contributed by atoms with van der Waals surface area (Å²) in [7, 11) is 0. The van der Waals surface area contributed by atoms with Gasteiger partial charge in [-0.3, -0.25) is 14.8 Å². The molecule has 0 N–H and O–H groups in total. The van der Waals surface area contributed by atoms with Crippen molar-refractivity contribution in [2.75, 3.05) is 13.1 Å². The Labute approximate surface area is 146 Å². The maximum Gasteiger partial charge on any atom is 0.272 e. The number of likely N-dealkylation sites (tertiary alicyclic amines) is 1. The first kappa shape index (κ1) is 15.7. The van der Waals surface area contributed by atoms with Gasteiger partial charge in [0.05, 0.1) is 17.2 Å². The highest BCUT2D eigenvalue weighted by Gasteiger charge is 2.32. The second-order valence-electron chi connectivity index (χ2n) is 6.75. The van der Waals surface area contributed by atoms with E-state index in [1.54, 1.807) is 18.5 Å². The van der Waals surface area contributed by atoms with Crippen molar-refractivity contribution in [2.45, 2.75) is 32.2 Å². The molecule has 0 spiro atoms. The van der Waals surface area contributed by atoms with E-state index in [9.17, 15) is 4.79 Å². The summed E-state index contributed by atoms with van der Waals surface area (Å²) in [5, 5.41) is 0. The number of hydrogen-bond acceptors (Lipinski definition) is 4. The molecule has 0 aliphatic carbocycles. The van der Waals surface area contributed by atoms with E-state index >= 15 is 0 Å². The number of carbonyl (C=O) groups excluding carboxylic acids is 1. The topological polar surface area (TPSA) is 63.9 Å². The lowest BCUT2D eigenvalue weighted by atomic mass is 10.1. The Morgan fingerprint density at radius 2 is 2.12 bits per heavy atom. The Morgan fingerprint density at radius 1 is 1.24 bits per heavy atom. The van der Waals surface area contributed by atoms with Gasteiger partial charge in [0.25, 0.3) is 5.91 Å². The molecule has 1 unspecified atom stereocenters. The highest BCUT2D eigenvalue weighted by Crippen LogP contribution is 2.31. The van der Waals surface area contributed by atoms with Gasteiger partial charge in [0, 0.05) is 37.4 Å². The first-order chi connectivity index (χ1) is 12.1. The van der Waals surface area contributed by atoms with Crippen molar-refractivity contribution in [2.24, 2.45) is 0 Å². The van der Waals surface area contributed by atoms with Crippen LogP contribution in [0.25, 0.3) is 11.0 Å². The Kier molecular flexibility index (Phi) is 3.95. The molecule has 25 heavy (non-hydrogen) atoms. The average molecular weight is 335 g/mol. The molecule has 4 heterocycles. The monoisotopic (exact) mass is 335 g/mol. The number of rotatable bonds is 3. The number of pyridine rings is 2. The molecule has 1 saturated heterocycles. The van der Waals surface area contributed by atoms with Crippen molar-refractivity contribution >= 4 is 16.9 Å². The van der Waals surface area contributed by atoms with Crippen LogP contribution in [0.3, 0.4) is 0 Å². The quantitative estimate of drug-likeness (QED) is 0.738. The van der Waals surface area contributed by atoms with Crippen molar-refractivity contribution in [1.29, 1.82) is 0 Å². The molecule has 0 bridgehead atoms. The summed E-state index contributed by atoms with van der Waals surface area (Å²) in [5.74, 6) is 1.29. The molecular formula is C19H21N5O. The predicted octanol–water partition coefficient (Wildman–Crippen LogP) is 3.04. The van der Waals surface area contributed by atoms with Gasteiger partial charge in [0.1, 0.15) is 11.5 Å². The van der Waals surface area contributed by atoms with Gasteiger partial charge in [-0.05, 0) is 38.5 Å². The summed E-state index contributed by atoms with van der Waals surface area (Å²) in [6.45, 7) is 5.73. The Hall–Kier alpha value is -2.76. The van der Waals surface area contributed by atoms with Gasteiger partial charge < -0.3 is 9.47 Å². The maximum atomic E-state index is 12.6. The third-order valence-electron chi connectivity index (χ3n) is 4.76. The van der Waals surface area contributed by atoms with Crippen LogP contribution in [-0.4, -0.2) is 43.4 Å². The van der Waals surface area contributed by atoms with E-state index in [-0.39, 0.29) is 11.8 Å².